The summed E-state index contributed by atoms with van der Waals surface area (Å²) in [6.45, 7) is 1.75. The number of nitro groups is 1. The molecule has 0 aromatic heterocycles. The van der Waals surface area contributed by atoms with Gasteiger partial charge in [-0.25, -0.2) is 4.79 Å². The number of benzene rings is 2. The summed E-state index contributed by atoms with van der Waals surface area (Å²) in [4.78, 5) is 33.9. The summed E-state index contributed by atoms with van der Waals surface area (Å²) in [5.41, 5.74) is 1.67. The number of ether oxygens (including phenoxy) is 1. The first-order valence-electron chi connectivity index (χ1n) is 7.37. The maximum atomic E-state index is 12.2. The third-order valence-electron chi connectivity index (χ3n) is 3.48. The molecule has 2 N–H and O–H groups in total. The fourth-order valence-electron chi connectivity index (χ4n) is 2.06. The molecule has 0 atom stereocenters. The van der Waals surface area contributed by atoms with Gasteiger partial charge in [-0.3, -0.25) is 20.2 Å². The van der Waals surface area contributed by atoms with Crippen LogP contribution in [0.1, 0.15) is 26.3 Å². The van der Waals surface area contributed by atoms with Gasteiger partial charge in [0.05, 0.1) is 17.6 Å². The topological polar surface area (TPSA) is 111 Å². The zero-order chi connectivity index (χ0) is 19.3. The molecule has 0 fully saturated rings. The van der Waals surface area contributed by atoms with Crippen molar-refractivity contribution in [2.24, 2.45) is 0 Å². The summed E-state index contributed by atoms with van der Waals surface area (Å²) in [6, 6.07) is 10.1. The quantitative estimate of drug-likeness (QED) is 0.367. The van der Waals surface area contributed by atoms with Gasteiger partial charge in [-0.2, -0.15) is 0 Å². The molecule has 2 aromatic rings. The van der Waals surface area contributed by atoms with Crippen molar-refractivity contribution >= 4 is 40.6 Å². The number of hydrogen-bond acceptors (Lipinski definition) is 6. The number of rotatable bonds is 4. The van der Waals surface area contributed by atoms with Crippen molar-refractivity contribution in [3.05, 3.63) is 69.3 Å². The second-order valence-corrected chi connectivity index (χ2v) is 5.64. The molecule has 0 saturated carbocycles. The highest BCUT2D eigenvalue weighted by atomic mass is 32.1. The van der Waals surface area contributed by atoms with E-state index >= 15 is 0 Å². The van der Waals surface area contributed by atoms with Gasteiger partial charge >= 0.3 is 5.97 Å². The summed E-state index contributed by atoms with van der Waals surface area (Å²) < 4.78 is 4.59. The van der Waals surface area contributed by atoms with Crippen LogP contribution in [0.3, 0.4) is 0 Å². The van der Waals surface area contributed by atoms with E-state index in [0.717, 1.165) is 5.56 Å². The highest BCUT2D eigenvalue weighted by Crippen LogP contribution is 2.21. The molecule has 0 spiro atoms. The lowest BCUT2D eigenvalue weighted by Crippen LogP contribution is -2.34. The lowest BCUT2D eigenvalue weighted by atomic mass is 10.1. The van der Waals surface area contributed by atoms with Crippen molar-refractivity contribution in [1.82, 2.24) is 5.32 Å². The minimum Gasteiger partial charge on any atom is -0.465 e. The summed E-state index contributed by atoms with van der Waals surface area (Å²) in [6.07, 6.45) is 0. The molecule has 0 aliphatic carbocycles. The predicted octanol–water partition coefficient (Wildman–Crippen LogP) is 2.82. The van der Waals surface area contributed by atoms with Crippen LogP contribution in [0, 0.1) is 17.0 Å². The Morgan fingerprint density at radius 2 is 1.73 bits per heavy atom. The number of amides is 1. The van der Waals surface area contributed by atoms with Crippen molar-refractivity contribution in [1.29, 1.82) is 0 Å². The van der Waals surface area contributed by atoms with Crippen LogP contribution in [0.25, 0.3) is 0 Å². The third-order valence-corrected chi connectivity index (χ3v) is 3.68. The Bertz CT molecular complexity index is 880. The summed E-state index contributed by atoms with van der Waals surface area (Å²) in [5.74, 6) is -0.989. The van der Waals surface area contributed by atoms with E-state index < -0.39 is 16.8 Å². The number of non-ortho nitro benzene ring substituents is 1. The third kappa shape index (κ3) is 4.61. The normalized spacial score (nSPS) is 9.92. The van der Waals surface area contributed by atoms with E-state index in [1.807, 2.05) is 0 Å². The molecule has 26 heavy (non-hydrogen) atoms. The number of thiocarbonyl (C=S) groups is 1. The van der Waals surface area contributed by atoms with Crippen LogP contribution in [0.5, 0.6) is 0 Å². The van der Waals surface area contributed by atoms with E-state index in [9.17, 15) is 19.7 Å². The van der Waals surface area contributed by atoms with Gasteiger partial charge in [-0.05, 0) is 49.0 Å². The number of carbonyl (C=O) groups is 2. The smallest absolute Gasteiger partial charge is 0.337 e. The number of hydrogen-bond donors (Lipinski definition) is 2. The van der Waals surface area contributed by atoms with Crippen LogP contribution >= 0.6 is 12.2 Å². The average molecular weight is 373 g/mol. The standard InChI is InChI=1S/C17H15N3O5S/c1-10-3-8-13(20(23)24)9-14(10)18-17(26)19-15(21)11-4-6-12(7-5-11)16(22)25-2/h3-9H,1-2H3,(H2,18,19,21,26). The molecular weight excluding hydrogens is 358 g/mol. The molecule has 0 radical (unpaired) electrons. The molecule has 8 nitrogen and oxygen atoms in total. The molecule has 1 amide bonds. The molecular formula is C17H15N3O5S. The molecule has 0 saturated heterocycles. The highest BCUT2D eigenvalue weighted by molar-refractivity contribution is 7.80. The van der Waals surface area contributed by atoms with Crippen molar-refractivity contribution in [2.45, 2.75) is 6.92 Å². The SMILES string of the molecule is COC(=O)c1ccc(C(=O)NC(=S)Nc2cc([N+](=O)[O-])ccc2C)cc1. The van der Waals surface area contributed by atoms with Gasteiger partial charge in [0, 0.05) is 23.4 Å². The summed E-state index contributed by atoms with van der Waals surface area (Å²) in [7, 11) is 1.27. The molecule has 0 aliphatic heterocycles. The molecule has 0 bridgehead atoms. The molecule has 0 heterocycles. The van der Waals surface area contributed by atoms with Crippen LogP contribution in [0.4, 0.5) is 11.4 Å². The first-order valence-corrected chi connectivity index (χ1v) is 7.78. The lowest BCUT2D eigenvalue weighted by molar-refractivity contribution is -0.384. The zero-order valence-corrected chi connectivity index (χ0v) is 14.8. The van der Waals surface area contributed by atoms with Crippen LogP contribution < -0.4 is 10.6 Å². The van der Waals surface area contributed by atoms with Crippen LogP contribution in [0.15, 0.2) is 42.5 Å². The number of nitrogens with zero attached hydrogens (tertiary/aromatic N) is 1. The second-order valence-electron chi connectivity index (χ2n) is 5.23. The van der Waals surface area contributed by atoms with Gasteiger partial charge in [0.15, 0.2) is 5.11 Å². The highest BCUT2D eigenvalue weighted by Gasteiger charge is 2.13. The minimum absolute atomic E-state index is 0.00403. The first-order chi connectivity index (χ1) is 12.3. The number of nitro benzene ring substituents is 1. The van der Waals surface area contributed by atoms with E-state index in [1.165, 1.54) is 43.5 Å². The Hall–Kier alpha value is -3.33. The summed E-state index contributed by atoms with van der Waals surface area (Å²) in [5, 5.41) is 16.1. The Morgan fingerprint density at radius 1 is 1.12 bits per heavy atom. The largest absolute Gasteiger partial charge is 0.465 e. The number of aryl methyl sites for hydroxylation is 1. The minimum atomic E-state index is -0.519. The fraction of sp³-hybridized carbons (Fsp3) is 0.118. The fourth-order valence-corrected chi connectivity index (χ4v) is 2.27. The molecule has 0 aliphatic rings. The summed E-state index contributed by atoms with van der Waals surface area (Å²) >= 11 is 5.08. The number of esters is 1. The van der Waals surface area contributed by atoms with E-state index in [-0.39, 0.29) is 16.4 Å². The van der Waals surface area contributed by atoms with Crippen LogP contribution in [-0.2, 0) is 4.74 Å². The molecule has 0 unspecified atom stereocenters. The zero-order valence-electron chi connectivity index (χ0n) is 13.9. The first kappa shape index (κ1) is 19.0. The number of carbonyl (C=O) groups excluding carboxylic acids is 2. The number of nitrogens with one attached hydrogen (secondary N) is 2. The van der Waals surface area contributed by atoms with Gasteiger partial charge in [0.2, 0.25) is 0 Å². The van der Waals surface area contributed by atoms with E-state index in [4.69, 9.17) is 12.2 Å². The number of anilines is 1. The average Bonchev–Trinajstić information content (AvgIpc) is 2.62. The van der Waals surface area contributed by atoms with Crippen molar-refractivity contribution < 1.29 is 19.2 Å². The van der Waals surface area contributed by atoms with Gasteiger partial charge in [0.1, 0.15) is 0 Å². The van der Waals surface area contributed by atoms with Crippen molar-refractivity contribution in [3.63, 3.8) is 0 Å². The van der Waals surface area contributed by atoms with Crippen LogP contribution in [-0.4, -0.2) is 29.0 Å². The van der Waals surface area contributed by atoms with Gasteiger partial charge in [0.25, 0.3) is 11.6 Å². The Balaban J connectivity index is 2.05. The van der Waals surface area contributed by atoms with Crippen molar-refractivity contribution in [3.8, 4) is 0 Å². The van der Waals surface area contributed by atoms with Crippen LogP contribution in [0.2, 0.25) is 0 Å². The maximum Gasteiger partial charge on any atom is 0.337 e. The van der Waals surface area contributed by atoms with Crippen molar-refractivity contribution in [2.75, 3.05) is 12.4 Å². The molecule has 134 valence electrons. The van der Waals surface area contributed by atoms with Gasteiger partial charge < -0.3 is 10.1 Å². The predicted molar refractivity (Wildman–Crippen MR) is 99.3 cm³/mol. The van der Waals surface area contributed by atoms with E-state index in [2.05, 4.69) is 15.4 Å². The number of methoxy groups -OCH3 is 1. The molecule has 9 heteroatoms. The maximum absolute atomic E-state index is 12.2. The second kappa shape index (κ2) is 8.17. The molecule has 2 rings (SSSR count). The Kier molecular flexibility index (Phi) is 5.97. The van der Waals surface area contributed by atoms with Gasteiger partial charge in [-0.15, -0.1) is 0 Å². The monoisotopic (exact) mass is 373 g/mol. The van der Waals surface area contributed by atoms with E-state index in [1.54, 1.807) is 13.0 Å². The lowest BCUT2D eigenvalue weighted by Gasteiger charge is -2.11. The Labute approximate surface area is 154 Å². The Morgan fingerprint density at radius 3 is 2.31 bits per heavy atom. The van der Waals surface area contributed by atoms with Gasteiger partial charge in [-0.1, -0.05) is 6.07 Å². The van der Waals surface area contributed by atoms with E-state index in [0.29, 0.717) is 11.3 Å². The molecule has 2 aromatic carbocycles.